The number of para-hydroxylation sites is 1. The van der Waals surface area contributed by atoms with Gasteiger partial charge in [-0.1, -0.05) is 37.6 Å². The van der Waals surface area contributed by atoms with Gasteiger partial charge in [-0.15, -0.1) is 0 Å². The molecule has 178 valence electrons. The van der Waals surface area contributed by atoms with E-state index in [-0.39, 0.29) is 23.1 Å². The summed E-state index contributed by atoms with van der Waals surface area (Å²) in [6.07, 6.45) is 3.18. The normalized spacial score (nSPS) is 15.7. The maximum Gasteiger partial charge on any atom is 0.254 e. The number of benzene rings is 2. The SMILES string of the molecule is CCCc1cccc(C=NNC(=O)CN2CCN(Cc3ccc(S(N)(=O)=O)cc3)CC2)c1O. The van der Waals surface area contributed by atoms with Crippen molar-refractivity contribution in [2.45, 2.75) is 31.2 Å². The number of carbonyl (C=O) groups excluding carboxylic acids is 1. The zero-order valence-electron chi connectivity index (χ0n) is 18.8. The number of nitrogens with two attached hydrogens (primary N) is 1. The predicted molar refractivity (Wildman–Crippen MR) is 127 cm³/mol. The molecule has 0 saturated carbocycles. The second-order valence-corrected chi connectivity index (χ2v) is 9.70. The third kappa shape index (κ3) is 7.36. The van der Waals surface area contributed by atoms with Crippen molar-refractivity contribution in [3.05, 3.63) is 59.2 Å². The highest BCUT2D eigenvalue weighted by molar-refractivity contribution is 7.89. The number of hydrogen-bond donors (Lipinski definition) is 3. The van der Waals surface area contributed by atoms with Crippen molar-refractivity contribution in [2.75, 3.05) is 32.7 Å². The molecule has 2 aromatic carbocycles. The average molecular weight is 474 g/mol. The van der Waals surface area contributed by atoms with Crippen molar-refractivity contribution in [2.24, 2.45) is 10.2 Å². The maximum absolute atomic E-state index is 12.2. The monoisotopic (exact) mass is 473 g/mol. The van der Waals surface area contributed by atoms with Crippen LogP contribution in [0.5, 0.6) is 5.75 Å². The Morgan fingerprint density at radius 2 is 1.79 bits per heavy atom. The van der Waals surface area contributed by atoms with Gasteiger partial charge in [0.15, 0.2) is 0 Å². The van der Waals surface area contributed by atoms with Crippen molar-refractivity contribution >= 4 is 22.1 Å². The molecule has 2 aromatic rings. The molecular formula is C23H31N5O4S. The Bertz CT molecular complexity index is 1080. The number of carbonyl (C=O) groups is 1. The Hall–Kier alpha value is -2.79. The van der Waals surface area contributed by atoms with Crippen molar-refractivity contribution in [1.82, 2.24) is 15.2 Å². The minimum atomic E-state index is -3.68. The molecule has 0 spiro atoms. The molecule has 10 heteroatoms. The summed E-state index contributed by atoms with van der Waals surface area (Å²) in [7, 11) is -3.68. The number of aryl methyl sites for hydroxylation is 1. The molecular weight excluding hydrogens is 442 g/mol. The summed E-state index contributed by atoms with van der Waals surface area (Å²) in [6.45, 7) is 6.08. The summed E-state index contributed by atoms with van der Waals surface area (Å²) in [5.74, 6) is -0.00440. The molecule has 33 heavy (non-hydrogen) atoms. The smallest absolute Gasteiger partial charge is 0.254 e. The lowest BCUT2D eigenvalue weighted by Gasteiger charge is -2.34. The van der Waals surface area contributed by atoms with Gasteiger partial charge in [-0.2, -0.15) is 5.10 Å². The van der Waals surface area contributed by atoms with Gasteiger partial charge in [0.1, 0.15) is 5.75 Å². The molecule has 1 aliphatic heterocycles. The van der Waals surface area contributed by atoms with Crippen LogP contribution in [0.25, 0.3) is 0 Å². The van der Waals surface area contributed by atoms with E-state index in [1.165, 1.54) is 18.3 Å². The average Bonchev–Trinajstić information content (AvgIpc) is 2.77. The molecule has 4 N–H and O–H groups in total. The minimum Gasteiger partial charge on any atom is -0.507 e. The molecule has 0 unspecified atom stereocenters. The number of sulfonamides is 1. The van der Waals surface area contributed by atoms with Gasteiger partial charge in [0.2, 0.25) is 10.0 Å². The molecule has 9 nitrogen and oxygen atoms in total. The Labute approximate surface area is 194 Å². The molecule has 0 radical (unpaired) electrons. The van der Waals surface area contributed by atoms with Crippen molar-refractivity contribution in [3.8, 4) is 5.75 Å². The van der Waals surface area contributed by atoms with Crippen LogP contribution in [-0.4, -0.2) is 68.2 Å². The molecule has 3 rings (SSSR count). The van der Waals surface area contributed by atoms with Gasteiger partial charge in [-0.3, -0.25) is 14.6 Å². The number of amides is 1. The molecule has 0 atom stereocenters. The summed E-state index contributed by atoms with van der Waals surface area (Å²) >= 11 is 0. The van der Waals surface area contributed by atoms with Crippen LogP contribution in [0.2, 0.25) is 0 Å². The summed E-state index contributed by atoms with van der Waals surface area (Å²) in [4.78, 5) is 16.7. The maximum atomic E-state index is 12.2. The molecule has 1 heterocycles. The van der Waals surface area contributed by atoms with E-state index in [1.807, 2.05) is 19.1 Å². The molecule has 1 amide bonds. The quantitative estimate of drug-likeness (QED) is 0.372. The van der Waals surface area contributed by atoms with Crippen LogP contribution in [0.3, 0.4) is 0 Å². The van der Waals surface area contributed by atoms with Gasteiger partial charge >= 0.3 is 0 Å². The van der Waals surface area contributed by atoms with Crippen LogP contribution in [0.4, 0.5) is 0 Å². The number of primary sulfonamides is 1. The highest BCUT2D eigenvalue weighted by atomic mass is 32.2. The van der Waals surface area contributed by atoms with E-state index in [9.17, 15) is 18.3 Å². The first-order valence-electron chi connectivity index (χ1n) is 11.0. The van der Waals surface area contributed by atoms with Crippen molar-refractivity contribution < 1.29 is 18.3 Å². The number of hydrogen-bond acceptors (Lipinski definition) is 7. The second-order valence-electron chi connectivity index (χ2n) is 8.14. The van der Waals surface area contributed by atoms with Crippen LogP contribution >= 0.6 is 0 Å². The third-order valence-corrected chi connectivity index (χ3v) is 6.48. The van der Waals surface area contributed by atoms with Crippen molar-refractivity contribution in [1.29, 1.82) is 0 Å². The van der Waals surface area contributed by atoms with E-state index in [2.05, 4.69) is 20.3 Å². The topological polar surface area (TPSA) is 128 Å². The molecule has 1 saturated heterocycles. The van der Waals surface area contributed by atoms with E-state index in [0.717, 1.165) is 50.1 Å². The first-order valence-corrected chi connectivity index (χ1v) is 12.5. The van der Waals surface area contributed by atoms with Gasteiger partial charge < -0.3 is 5.11 Å². The second kappa shape index (κ2) is 11.4. The van der Waals surface area contributed by atoms with Gasteiger partial charge in [0.05, 0.1) is 17.7 Å². The lowest BCUT2D eigenvalue weighted by molar-refractivity contribution is -0.122. The Balaban J connectivity index is 1.42. The van der Waals surface area contributed by atoms with Crippen LogP contribution in [0.1, 0.15) is 30.0 Å². The zero-order valence-corrected chi connectivity index (χ0v) is 19.6. The number of rotatable bonds is 9. The van der Waals surface area contributed by atoms with E-state index < -0.39 is 10.0 Å². The standard InChI is InChI=1S/C23H31N5O4S/c1-2-4-19-5-3-6-20(23(19)30)15-25-26-22(29)17-28-13-11-27(12-14-28)16-18-7-9-21(10-8-18)33(24,31)32/h3,5-10,15,30H,2,4,11-14,16-17H2,1H3,(H,26,29)(H2,24,31,32). The number of nitrogens with one attached hydrogen (secondary N) is 1. The van der Waals surface area contributed by atoms with E-state index in [4.69, 9.17) is 5.14 Å². The summed E-state index contributed by atoms with van der Waals surface area (Å²) in [5, 5.41) is 19.4. The number of phenols is 1. The molecule has 0 bridgehead atoms. The molecule has 1 fully saturated rings. The molecule has 0 aromatic heterocycles. The fraction of sp³-hybridized carbons (Fsp3) is 0.391. The summed E-state index contributed by atoms with van der Waals surface area (Å²) in [5.41, 5.74) is 4.98. The van der Waals surface area contributed by atoms with E-state index in [1.54, 1.807) is 18.2 Å². The third-order valence-electron chi connectivity index (χ3n) is 5.55. The van der Waals surface area contributed by atoms with Gasteiger partial charge in [0, 0.05) is 38.3 Å². The van der Waals surface area contributed by atoms with E-state index in [0.29, 0.717) is 12.1 Å². The van der Waals surface area contributed by atoms with Crippen molar-refractivity contribution in [3.63, 3.8) is 0 Å². The van der Waals surface area contributed by atoms with Crippen LogP contribution < -0.4 is 10.6 Å². The first-order chi connectivity index (χ1) is 15.8. The van der Waals surface area contributed by atoms with Crippen LogP contribution in [-0.2, 0) is 27.8 Å². The van der Waals surface area contributed by atoms with Crippen LogP contribution in [0.15, 0.2) is 52.5 Å². The van der Waals surface area contributed by atoms with Crippen LogP contribution in [0, 0.1) is 0 Å². The number of aromatic hydroxyl groups is 1. The summed E-state index contributed by atoms with van der Waals surface area (Å²) in [6, 6.07) is 12.1. The van der Waals surface area contributed by atoms with Gasteiger partial charge in [-0.05, 0) is 35.7 Å². The Morgan fingerprint density at radius 1 is 1.12 bits per heavy atom. The number of piperazine rings is 1. The van der Waals surface area contributed by atoms with Gasteiger partial charge in [-0.25, -0.2) is 19.0 Å². The van der Waals surface area contributed by atoms with E-state index >= 15 is 0 Å². The first kappa shape index (κ1) is 24.8. The largest absolute Gasteiger partial charge is 0.507 e. The zero-order chi connectivity index (χ0) is 23.8. The minimum absolute atomic E-state index is 0.105. The lowest BCUT2D eigenvalue weighted by Crippen LogP contribution is -2.48. The highest BCUT2D eigenvalue weighted by Crippen LogP contribution is 2.22. The Morgan fingerprint density at radius 3 is 2.42 bits per heavy atom. The Kier molecular flexibility index (Phi) is 8.56. The lowest BCUT2D eigenvalue weighted by atomic mass is 10.1. The fourth-order valence-corrected chi connectivity index (χ4v) is 4.26. The number of nitrogens with zero attached hydrogens (tertiary/aromatic N) is 3. The molecule has 0 aliphatic carbocycles. The number of phenolic OH excluding ortho intramolecular Hbond substituents is 1. The highest BCUT2D eigenvalue weighted by Gasteiger charge is 2.19. The molecule has 1 aliphatic rings. The van der Waals surface area contributed by atoms with Gasteiger partial charge in [0.25, 0.3) is 5.91 Å². The fourth-order valence-electron chi connectivity index (χ4n) is 3.75. The summed E-state index contributed by atoms with van der Waals surface area (Å²) < 4.78 is 22.7. The number of hydrazone groups is 1. The predicted octanol–water partition coefficient (Wildman–Crippen LogP) is 1.26.